The van der Waals surface area contributed by atoms with E-state index in [-0.39, 0.29) is 6.04 Å². The molecule has 2 aromatic heterocycles. The van der Waals surface area contributed by atoms with Gasteiger partial charge in [-0.25, -0.2) is 14.8 Å². The van der Waals surface area contributed by atoms with Crippen molar-refractivity contribution < 1.29 is 9.90 Å². The highest BCUT2D eigenvalue weighted by atomic mass is 35.5. The fourth-order valence-electron chi connectivity index (χ4n) is 3.58. The van der Waals surface area contributed by atoms with Crippen molar-refractivity contribution in [2.24, 2.45) is 7.05 Å². The van der Waals surface area contributed by atoms with Gasteiger partial charge in [0, 0.05) is 38.9 Å². The molecule has 8 heteroatoms. The highest BCUT2D eigenvalue weighted by Crippen LogP contribution is 2.32. The summed E-state index contributed by atoms with van der Waals surface area (Å²) in [6.45, 7) is 1.36. The number of rotatable bonds is 3. The van der Waals surface area contributed by atoms with Gasteiger partial charge in [-0.2, -0.15) is 0 Å². The molecule has 0 bridgehead atoms. The van der Waals surface area contributed by atoms with Gasteiger partial charge in [0.1, 0.15) is 11.6 Å². The molecule has 4 rings (SSSR count). The molecule has 140 valence electrons. The van der Waals surface area contributed by atoms with Gasteiger partial charge in [-0.3, -0.25) is 0 Å². The van der Waals surface area contributed by atoms with E-state index in [9.17, 15) is 9.90 Å². The van der Waals surface area contributed by atoms with Crippen LogP contribution in [-0.2, 0) is 7.05 Å². The Labute approximate surface area is 161 Å². The van der Waals surface area contributed by atoms with Crippen LogP contribution in [-0.4, -0.2) is 56.8 Å². The predicted octanol–water partition coefficient (Wildman–Crippen LogP) is 3.48. The van der Waals surface area contributed by atoms with Crippen molar-refractivity contribution in [1.29, 1.82) is 0 Å². The number of imidazole rings is 1. The zero-order valence-electron chi connectivity index (χ0n) is 15.1. The number of anilines is 1. The lowest BCUT2D eigenvalue weighted by molar-refractivity contribution is 0.142. The van der Waals surface area contributed by atoms with Crippen molar-refractivity contribution in [2.45, 2.75) is 12.5 Å². The van der Waals surface area contributed by atoms with Crippen molar-refractivity contribution in [3.8, 4) is 11.4 Å². The lowest BCUT2D eigenvalue weighted by Crippen LogP contribution is -2.38. The summed E-state index contributed by atoms with van der Waals surface area (Å²) in [6.07, 6.45) is 1.50. The summed E-state index contributed by atoms with van der Waals surface area (Å²) in [5.74, 6) is 1.56. The van der Waals surface area contributed by atoms with E-state index in [0.717, 1.165) is 41.2 Å². The molecule has 0 radical (unpaired) electrons. The van der Waals surface area contributed by atoms with Crippen LogP contribution >= 0.6 is 11.6 Å². The second-order valence-electron chi connectivity index (χ2n) is 6.79. The van der Waals surface area contributed by atoms with E-state index in [4.69, 9.17) is 16.6 Å². The Balaban J connectivity index is 1.68. The topological polar surface area (TPSA) is 74.5 Å². The van der Waals surface area contributed by atoms with Crippen LogP contribution in [0.25, 0.3) is 22.4 Å². The number of benzene rings is 1. The molecule has 1 aliphatic heterocycles. The molecule has 0 spiro atoms. The Morgan fingerprint density at radius 3 is 2.89 bits per heavy atom. The Morgan fingerprint density at radius 1 is 1.37 bits per heavy atom. The first-order valence-corrected chi connectivity index (χ1v) is 9.11. The fourth-order valence-corrected chi connectivity index (χ4v) is 3.77. The number of likely N-dealkylation sites (N-methyl/N-ethyl adjacent to an activating group) is 1. The molecule has 1 saturated heterocycles. The Kier molecular flexibility index (Phi) is 4.39. The quantitative estimate of drug-likeness (QED) is 0.747. The number of hydrogen-bond donors (Lipinski definition) is 1. The summed E-state index contributed by atoms with van der Waals surface area (Å²) >= 11 is 6.44. The summed E-state index contributed by atoms with van der Waals surface area (Å²) in [4.78, 5) is 23.8. The number of carbonyl (C=O) groups is 1. The number of hydrogen-bond acceptors (Lipinski definition) is 4. The normalized spacial score (nSPS) is 16.9. The van der Waals surface area contributed by atoms with Crippen LogP contribution < -0.4 is 4.90 Å². The molecule has 1 aliphatic rings. The molecule has 3 aromatic rings. The SMILES string of the molecule is CN(C(=O)O)C1CCN(c2cc(-c3nc4ccccc4n3C)c(Cl)cn2)C1. The highest BCUT2D eigenvalue weighted by molar-refractivity contribution is 6.33. The standard InChI is InChI=1S/C19H20ClN5O2/c1-23(19(26)27)12-7-8-25(11-12)17-9-13(14(20)10-21-17)18-22-15-5-3-4-6-16(15)24(18)2/h3-6,9-10,12H,7-8,11H2,1-2H3,(H,26,27). The molecule has 1 aromatic carbocycles. The van der Waals surface area contributed by atoms with Gasteiger partial charge in [0.2, 0.25) is 0 Å². The summed E-state index contributed by atoms with van der Waals surface area (Å²) in [6, 6.07) is 9.83. The van der Waals surface area contributed by atoms with Crippen LogP contribution in [0.5, 0.6) is 0 Å². The number of aryl methyl sites for hydroxylation is 1. The van der Waals surface area contributed by atoms with Gasteiger partial charge in [-0.05, 0) is 24.6 Å². The molecule has 7 nitrogen and oxygen atoms in total. The third-order valence-corrected chi connectivity index (χ3v) is 5.51. The molecule has 0 saturated carbocycles. The number of halogens is 1. The smallest absolute Gasteiger partial charge is 0.407 e. The summed E-state index contributed by atoms with van der Waals surface area (Å²) < 4.78 is 2.02. The van der Waals surface area contributed by atoms with Crippen molar-refractivity contribution in [3.05, 3.63) is 41.6 Å². The molecular formula is C19H20ClN5O2. The largest absolute Gasteiger partial charge is 0.465 e. The van der Waals surface area contributed by atoms with E-state index in [1.807, 2.05) is 41.9 Å². The Bertz CT molecular complexity index is 1020. The van der Waals surface area contributed by atoms with E-state index < -0.39 is 6.09 Å². The molecule has 3 heterocycles. The van der Waals surface area contributed by atoms with Crippen LogP contribution in [0, 0.1) is 0 Å². The lowest BCUT2D eigenvalue weighted by atomic mass is 10.2. The van der Waals surface area contributed by atoms with Crippen molar-refractivity contribution in [1.82, 2.24) is 19.4 Å². The van der Waals surface area contributed by atoms with Gasteiger partial charge in [-0.1, -0.05) is 23.7 Å². The molecule has 27 heavy (non-hydrogen) atoms. The van der Waals surface area contributed by atoms with Crippen molar-refractivity contribution >= 4 is 34.5 Å². The van der Waals surface area contributed by atoms with Gasteiger partial charge in [0.05, 0.1) is 22.1 Å². The van der Waals surface area contributed by atoms with Gasteiger partial charge in [0.25, 0.3) is 0 Å². The van der Waals surface area contributed by atoms with Crippen LogP contribution in [0.3, 0.4) is 0 Å². The Morgan fingerprint density at radius 2 is 2.15 bits per heavy atom. The van der Waals surface area contributed by atoms with E-state index in [1.54, 1.807) is 13.2 Å². The maximum absolute atomic E-state index is 11.2. The molecular weight excluding hydrogens is 366 g/mol. The van der Waals surface area contributed by atoms with E-state index in [0.29, 0.717) is 11.6 Å². The minimum absolute atomic E-state index is 0.0424. The fraction of sp³-hybridized carbons (Fsp3) is 0.316. The zero-order chi connectivity index (χ0) is 19.1. The van der Waals surface area contributed by atoms with Crippen molar-refractivity contribution in [2.75, 3.05) is 25.0 Å². The third-order valence-electron chi connectivity index (χ3n) is 5.21. The number of carboxylic acid groups (broad SMARTS) is 1. The zero-order valence-corrected chi connectivity index (χ0v) is 15.9. The summed E-state index contributed by atoms with van der Waals surface area (Å²) in [5.41, 5.74) is 2.76. The van der Waals surface area contributed by atoms with Gasteiger partial charge in [0.15, 0.2) is 0 Å². The third kappa shape index (κ3) is 3.08. The number of nitrogens with zero attached hydrogens (tertiary/aromatic N) is 5. The monoisotopic (exact) mass is 385 g/mol. The van der Waals surface area contributed by atoms with Crippen LogP contribution in [0.15, 0.2) is 36.5 Å². The molecule has 0 aliphatic carbocycles. The first-order valence-electron chi connectivity index (χ1n) is 8.74. The number of amides is 1. The summed E-state index contributed by atoms with van der Waals surface area (Å²) in [7, 11) is 3.57. The average Bonchev–Trinajstić information content (AvgIpc) is 3.27. The number of pyridine rings is 1. The van der Waals surface area contributed by atoms with Gasteiger partial charge in [-0.15, -0.1) is 0 Å². The number of para-hydroxylation sites is 2. The average molecular weight is 386 g/mol. The minimum atomic E-state index is -0.911. The van der Waals surface area contributed by atoms with Crippen LogP contribution in [0.4, 0.5) is 10.6 Å². The highest BCUT2D eigenvalue weighted by Gasteiger charge is 2.29. The maximum atomic E-state index is 11.2. The van der Waals surface area contributed by atoms with Crippen LogP contribution in [0.2, 0.25) is 5.02 Å². The summed E-state index contributed by atoms with van der Waals surface area (Å²) in [5, 5.41) is 9.73. The van der Waals surface area contributed by atoms with E-state index >= 15 is 0 Å². The molecule has 1 unspecified atom stereocenters. The van der Waals surface area contributed by atoms with Gasteiger partial charge >= 0.3 is 6.09 Å². The van der Waals surface area contributed by atoms with Crippen molar-refractivity contribution in [3.63, 3.8) is 0 Å². The number of fused-ring (bicyclic) bond motifs is 1. The Hall–Kier alpha value is -2.80. The van der Waals surface area contributed by atoms with E-state index in [1.165, 1.54) is 4.90 Å². The molecule has 1 fully saturated rings. The molecule has 1 N–H and O–H groups in total. The van der Waals surface area contributed by atoms with E-state index in [2.05, 4.69) is 9.88 Å². The minimum Gasteiger partial charge on any atom is -0.465 e. The molecule has 1 atom stereocenters. The molecule has 1 amide bonds. The maximum Gasteiger partial charge on any atom is 0.407 e. The number of aromatic nitrogens is 3. The first kappa shape index (κ1) is 17.6. The van der Waals surface area contributed by atoms with Gasteiger partial charge < -0.3 is 19.5 Å². The first-order chi connectivity index (χ1) is 13.0. The predicted molar refractivity (Wildman–Crippen MR) is 105 cm³/mol. The van der Waals surface area contributed by atoms with Crippen LogP contribution in [0.1, 0.15) is 6.42 Å². The second-order valence-corrected chi connectivity index (χ2v) is 7.19. The second kappa shape index (κ2) is 6.74. The lowest BCUT2D eigenvalue weighted by Gasteiger charge is -2.22.